The molecule has 0 atom stereocenters. The number of H-pyrrole nitrogens is 1. The number of imidazole rings is 1. The number of hydrogen-bond donors (Lipinski definition) is 1. The zero-order chi connectivity index (χ0) is 18.6. The van der Waals surface area contributed by atoms with Crippen LogP contribution in [0.15, 0.2) is 39.5 Å². The lowest BCUT2D eigenvalue weighted by Crippen LogP contribution is -2.05. The molecule has 0 aliphatic rings. The zero-order valence-corrected chi connectivity index (χ0v) is 14.4. The summed E-state index contributed by atoms with van der Waals surface area (Å²) < 4.78 is 5.28. The number of aryl methyl sites for hydroxylation is 3. The number of hydrogen-bond acceptors (Lipinski definition) is 5. The molecule has 0 spiro atoms. The number of nitro benzene ring substituents is 1. The predicted octanol–water partition coefficient (Wildman–Crippen LogP) is 4.17. The van der Waals surface area contributed by atoms with Crippen molar-refractivity contribution in [2.24, 2.45) is 0 Å². The highest BCUT2D eigenvalue weighted by Gasteiger charge is 2.19. The third kappa shape index (κ3) is 2.45. The van der Waals surface area contributed by atoms with Crippen molar-refractivity contribution in [2.75, 3.05) is 0 Å². The Morgan fingerprint density at radius 3 is 2.54 bits per heavy atom. The van der Waals surface area contributed by atoms with Crippen molar-refractivity contribution in [1.29, 1.82) is 0 Å². The van der Waals surface area contributed by atoms with E-state index in [0.717, 1.165) is 22.2 Å². The summed E-state index contributed by atoms with van der Waals surface area (Å²) in [4.78, 5) is 30.8. The molecule has 0 aliphatic carbocycles. The topological polar surface area (TPSA) is 102 Å². The van der Waals surface area contributed by atoms with E-state index in [0.29, 0.717) is 16.8 Å². The molecule has 130 valence electrons. The number of nitrogens with zero attached hydrogens (tertiary/aromatic N) is 2. The van der Waals surface area contributed by atoms with E-state index in [1.54, 1.807) is 19.1 Å². The van der Waals surface area contributed by atoms with Gasteiger partial charge in [-0.2, -0.15) is 0 Å². The standard InChI is InChI=1S/C19H15N3O4/c1-9-4-12-8-13(19(23)26-17(12)16(5-9)22(24)25)18-20-14-6-10(2)11(3)7-15(14)21-18/h4-8H,1-3H3,(H,20,21). The maximum atomic E-state index is 12.5. The molecule has 0 radical (unpaired) electrons. The maximum Gasteiger partial charge on any atom is 0.347 e. The van der Waals surface area contributed by atoms with Crippen LogP contribution in [0.3, 0.4) is 0 Å². The molecule has 0 fully saturated rings. The Bertz CT molecular complexity index is 1230. The van der Waals surface area contributed by atoms with E-state index in [9.17, 15) is 14.9 Å². The summed E-state index contributed by atoms with van der Waals surface area (Å²) in [6.07, 6.45) is 0. The molecule has 0 unspecified atom stereocenters. The summed E-state index contributed by atoms with van der Waals surface area (Å²) in [6.45, 7) is 5.75. The molecule has 7 heteroatoms. The van der Waals surface area contributed by atoms with Crippen LogP contribution in [0.1, 0.15) is 16.7 Å². The molecule has 2 heterocycles. The fourth-order valence-corrected chi connectivity index (χ4v) is 3.06. The summed E-state index contributed by atoms with van der Waals surface area (Å²) in [5.41, 5.74) is 3.81. The second-order valence-corrected chi connectivity index (χ2v) is 6.45. The fourth-order valence-electron chi connectivity index (χ4n) is 3.06. The Balaban J connectivity index is 1.99. The molecular formula is C19H15N3O4. The third-order valence-electron chi connectivity index (χ3n) is 4.51. The number of aromatic nitrogens is 2. The SMILES string of the molecule is Cc1cc([N+](=O)[O-])c2oc(=O)c(-c3nc4cc(C)c(C)cc4[nH]3)cc2c1. The second-order valence-electron chi connectivity index (χ2n) is 6.45. The van der Waals surface area contributed by atoms with Crippen molar-refractivity contribution in [3.8, 4) is 11.4 Å². The third-order valence-corrected chi connectivity index (χ3v) is 4.51. The van der Waals surface area contributed by atoms with Crippen molar-refractivity contribution < 1.29 is 9.34 Å². The van der Waals surface area contributed by atoms with Gasteiger partial charge in [-0.1, -0.05) is 0 Å². The van der Waals surface area contributed by atoms with Crippen LogP contribution in [-0.2, 0) is 0 Å². The van der Waals surface area contributed by atoms with Gasteiger partial charge in [-0.25, -0.2) is 9.78 Å². The largest absolute Gasteiger partial charge is 0.415 e. The molecule has 0 aliphatic heterocycles. The van der Waals surface area contributed by atoms with E-state index in [1.165, 1.54) is 6.07 Å². The molecule has 2 aromatic carbocycles. The van der Waals surface area contributed by atoms with Crippen LogP contribution in [-0.4, -0.2) is 14.9 Å². The molecule has 2 aromatic heterocycles. The smallest absolute Gasteiger partial charge is 0.347 e. The Morgan fingerprint density at radius 2 is 1.81 bits per heavy atom. The summed E-state index contributed by atoms with van der Waals surface area (Å²) in [5, 5.41) is 11.7. The quantitative estimate of drug-likeness (QED) is 0.332. The highest BCUT2D eigenvalue weighted by atomic mass is 16.6. The van der Waals surface area contributed by atoms with Crippen molar-refractivity contribution in [1.82, 2.24) is 9.97 Å². The fraction of sp³-hybridized carbons (Fsp3) is 0.158. The Hall–Kier alpha value is -3.48. The molecule has 0 amide bonds. The van der Waals surface area contributed by atoms with Crippen LogP contribution in [0, 0.1) is 30.9 Å². The number of rotatable bonds is 2. The highest BCUT2D eigenvalue weighted by molar-refractivity contribution is 5.89. The average molecular weight is 349 g/mol. The molecule has 0 saturated carbocycles. The molecule has 1 N–H and O–H groups in total. The summed E-state index contributed by atoms with van der Waals surface area (Å²) in [6, 6.07) is 8.63. The van der Waals surface area contributed by atoms with Gasteiger partial charge in [0, 0.05) is 11.5 Å². The van der Waals surface area contributed by atoms with Crippen molar-refractivity contribution in [3.63, 3.8) is 0 Å². The van der Waals surface area contributed by atoms with Crippen LogP contribution < -0.4 is 5.63 Å². The van der Waals surface area contributed by atoms with Crippen molar-refractivity contribution in [2.45, 2.75) is 20.8 Å². The number of aromatic amines is 1. The van der Waals surface area contributed by atoms with Gasteiger partial charge in [0.15, 0.2) is 0 Å². The number of fused-ring (bicyclic) bond motifs is 2. The molecule has 0 bridgehead atoms. The van der Waals surface area contributed by atoms with Crippen LogP contribution in [0.4, 0.5) is 5.69 Å². The summed E-state index contributed by atoms with van der Waals surface area (Å²) in [5.74, 6) is 0.379. The number of nitro groups is 1. The average Bonchev–Trinajstić information content (AvgIpc) is 2.96. The normalized spacial score (nSPS) is 11.3. The molecular weight excluding hydrogens is 334 g/mol. The highest BCUT2D eigenvalue weighted by Crippen LogP contribution is 2.29. The lowest BCUT2D eigenvalue weighted by molar-refractivity contribution is -0.383. The Morgan fingerprint density at radius 1 is 1.08 bits per heavy atom. The van der Waals surface area contributed by atoms with E-state index < -0.39 is 10.5 Å². The van der Waals surface area contributed by atoms with Crippen LogP contribution in [0.2, 0.25) is 0 Å². The van der Waals surface area contributed by atoms with E-state index in [1.807, 2.05) is 26.0 Å². The second kappa shape index (κ2) is 5.52. The van der Waals surface area contributed by atoms with Gasteiger partial charge in [-0.05, 0) is 61.7 Å². The minimum Gasteiger partial charge on any atom is -0.415 e. The molecule has 26 heavy (non-hydrogen) atoms. The van der Waals surface area contributed by atoms with Gasteiger partial charge in [0.05, 0.1) is 16.0 Å². The first-order valence-electron chi connectivity index (χ1n) is 8.04. The Kier molecular flexibility index (Phi) is 3.40. The zero-order valence-electron chi connectivity index (χ0n) is 14.4. The minimum absolute atomic E-state index is 0.0304. The van der Waals surface area contributed by atoms with Gasteiger partial charge < -0.3 is 9.40 Å². The molecule has 4 aromatic rings. The summed E-state index contributed by atoms with van der Waals surface area (Å²) >= 11 is 0. The molecule has 4 rings (SSSR count). The Labute approximate surface area is 147 Å². The van der Waals surface area contributed by atoms with Gasteiger partial charge in [-0.15, -0.1) is 0 Å². The van der Waals surface area contributed by atoms with Crippen LogP contribution in [0.5, 0.6) is 0 Å². The number of nitrogens with one attached hydrogen (secondary N) is 1. The maximum absolute atomic E-state index is 12.5. The van der Waals surface area contributed by atoms with Crippen LogP contribution in [0.25, 0.3) is 33.4 Å². The predicted molar refractivity (Wildman–Crippen MR) is 98.4 cm³/mol. The van der Waals surface area contributed by atoms with Crippen molar-refractivity contribution >= 4 is 27.7 Å². The van der Waals surface area contributed by atoms with Gasteiger partial charge >= 0.3 is 11.3 Å². The van der Waals surface area contributed by atoms with Crippen LogP contribution >= 0.6 is 0 Å². The van der Waals surface area contributed by atoms with Gasteiger partial charge in [-0.3, -0.25) is 10.1 Å². The minimum atomic E-state index is -0.669. The monoisotopic (exact) mass is 349 g/mol. The molecule has 7 nitrogen and oxygen atoms in total. The molecule has 0 saturated heterocycles. The van der Waals surface area contributed by atoms with E-state index >= 15 is 0 Å². The summed E-state index contributed by atoms with van der Waals surface area (Å²) in [7, 11) is 0. The lowest BCUT2D eigenvalue weighted by atomic mass is 10.1. The van der Waals surface area contributed by atoms with Crippen molar-refractivity contribution in [3.05, 3.63) is 67.6 Å². The first-order valence-corrected chi connectivity index (χ1v) is 8.04. The van der Waals surface area contributed by atoms with E-state index in [4.69, 9.17) is 4.42 Å². The van der Waals surface area contributed by atoms with E-state index in [2.05, 4.69) is 9.97 Å². The first-order chi connectivity index (χ1) is 12.3. The van der Waals surface area contributed by atoms with E-state index in [-0.39, 0.29) is 16.8 Å². The van der Waals surface area contributed by atoms with Gasteiger partial charge in [0.1, 0.15) is 11.4 Å². The lowest BCUT2D eigenvalue weighted by Gasteiger charge is -2.02. The number of benzene rings is 2. The van der Waals surface area contributed by atoms with Gasteiger partial charge in [0.25, 0.3) is 0 Å². The first kappa shape index (κ1) is 16.0. The number of non-ortho nitro benzene ring substituents is 1. The van der Waals surface area contributed by atoms with Gasteiger partial charge in [0.2, 0.25) is 5.58 Å².